The van der Waals surface area contributed by atoms with E-state index in [4.69, 9.17) is 18.6 Å². The smallest absolute Gasteiger partial charge is 0.229 e. The van der Waals surface area contributed by atoms with Crippen molar-refractivity contribution < 1.29 is 69.7 Å². The van der Waals surface area contributed by atoms with Crippen LogP contribution in [0.2, 0.25) is 0 Å². The van der Waals surface area contributed by atoms with Gasteiger partial charge in [-0.05, 0) is 29.8 Å². The van der Waals surface area contributed by atoms with Crippen LogP contribution in [0.3, 0.4) is 0 Å². The second kappa shape index (κ2) is 11.7. The van der Waals surface area contributed by atoms with E-state index in [1.165, 1.54) is 18.2 Å². The first-order chi connectivity index (χ1) is 20.0. The summed E-state index contributed by atoms with van der Waals surface area (Å²) in [5.74, 6) is -1.17. The van der Waals surface area contributed by atoms with Gasteiger partial charge in [0, 0.05) is 0 Å². The van der Waals surface area contributed by atoms with Crippen molar-refractivity contribution in [1.82, 2.24) is 0 Å². The van der Waals surface area contributed by atoms with E-state index in [2.05, 4.69) is 0 Å². The Kier molecular flexibility index (Phi) is 8.41. The first-order valence-corrected chi connectivity index (χ1v) is 12.9. The fourth-order valence-electron chi connectivity index (χ4n) is 5.10. The zero-order valence-electron chi connectivity index (χ0n) is 21.7. The first-order valence-electron chi connectivity index (χ1n) is 12.9. The minimum atomic E-state index is -1.75. The molecule has 0 amide bonds. The van der Waals surface area contributed by atoms with Crippen molar-refractivity contribution in [2.24, 2.45) is 0 Å². The van der Waals surface area contributed by atoms with Crippen molar-refractivity contribution in [2.45, 2.75) is 61.2 Å². The molecular weight excluding hydrogens is 564 g/mol. The zero-order valence-corrected chi connectivity index (χ0v) is 21.7. The third-order valence-corrected chi connectivity index (χ3v) is 7.50. The quantitative estimate of drug-likeness (QED) is 0.142. The summed E-state index contributed by atoms with van der Waals surface area (Å²) >= 11 is 0. The molecule has 2 aliphatic rings. The predicted octanol–water partition coefficient (Wildman–Crippen LogP) is -2.44. The van der Waals surface area contributed by atoms with Crippen molar-refractivity contribution in [2.75, 3.05) is 13.2 Å². The van der Waals surface area contributed by atoms with Gasteiger partial charge >= 0.3 is 0 Å². The van der Waals surface area contributed by atoms with Crippen molar-refractivity contribution >= 4 is 11.0 Å². The number of aliphatic hydroxyl groups excluding tert-OH is 8. The summed E-state index contributed by atoms with van der Waals surface area (Å²) in [6.07, 6.45) is -14.7. The van der Waals surface area contributed by atoms with Crippen LogP contribution in [0.1, 0.15) is 11.7 Å². The molecule has 0 aliphatic carbocycles. The molecule has 0 radical (unpaired) electrons. The standard InChI is InChI=1S/C27H30O15/c28-6-15-19(33)21(35)23(37)26(40-15)17-12(30)3-2-10-18(32)11(8-39-25(10)17)9-1-4-14(13(31)5-9)41-27-24(38)22(36)20(34)16(7-29)42-27/h1-5,8,15-16,19-24,26-31,33-38H,6-7H2. The third-order valence-electron chi connectivity index (χ3n) is 7.50. The summed E-state index contributed by atoms with van der Waals surface area (Å²) in [4.78, 5) is 13.5. The molecule has 15 heteroatoms. The number of fused-ring (bicyclic) bond motifs is 1. The van der Waals surface area contributed by atoms with Gasteiger partial charge in [-0.25, -0.2) is 0 Å². The maximum atomic E-state index is 13.5. The first kappa shape index (κ1) is 30.1. The van der Waals surface area contributed by atoms with Crippen LogP contribution < -0.4 is 10.2 Å². The number of benzene rings is 2. The third kappa shape index (κ3) is 5.09. The van der Waals surface area contributed by atoms with Crippen LogP contribution in [-0.4, -0.2) is 119 Å². The summed E-state index contributed by atoms with van der Waals surface area (Å²) in [5, 5.41) is 101. The van der Waals surface area contributed by atoms with Gasteiger partial charge in [-0.3, -0.25) is 4.79 Å². The number of rotatable bonds is 6. The number of hydrogen-bond donors (Lipinski definition) is 10. The van der Waals surface area contributed by atoms with Crippen LogP contribution >= 0.6 is 0 Å². The molecule has 2 fully saturated rings. The minimum Gasteiger partial charge on any atom is -0.507 e. The lowest BCUT2D eigenvalue weighted by molar-refractivity contribution is -0.277. The monoisotopic (exact) mass is 594 g/mol. The van der Waals surface area contributed by atoms with Gasteiger partial charge in [-0.2, -0.15) is 0 Å². The maximum Gasteiger partial charge on any atom is 0.229 e. The second-order valence-corrected chi connectivity index (χ2v) is 10.1. The number of aromatic hydroxyl groups is 2. The summed E-state index contributed by atoms with van der Waals surface area (Å²) < 4.78 is 21.9. The molecule has 42 heavy (non-hydrogen) atoms. The predicted molar refractivity (Wildman–Crippen MR) is 138 cm³/mol. The average molecular weight is 595 g/mol. The lowest BCUT2D eigenvalue weighted by Gasteiger charge is -2.40. The van der Waals surface area contributed by atoms with Crippen LogP contribution in [0.25, 0.3) is 22.1 Å². The van der Waals surface area contributed by atoms with Crippen LogP contribution in [-0.2, 0) is 9.47 Å². The van der Waals surface area contributed by atoms with Crippen LogP contribution in [0.15, 0.2) is 45.8 Å². The topological polar surface area (TPSA) is 260 Å². The lowest BCUT2D eigenvalue weighted by Crippen LogP contribution is -2.60. The number of aliphatic hydroxyl groups is 8. The van der Waals surface area contributed by atoms with Gasteiger partial charge in [0.05, 0.1) is 29.7 Å². The zero-order chi connectivity index (χ0) is 30.5. The fourth-order valence-corrected chi connectivity index (χ4v) is 5.10. The molecule has 228 valence electrons. The average Bonchev–Trinajstić information content (AvgIpc) is 2.98. The van der Waals surface area contributed by atoms with Gasteiger partial charge in [-0.1, -0.05) is 6.07 Å². The molecule has 2 saturated heterocycles. The second-order valence-electron chi connectivity index (χ2n) is 10.1. The summed E-state index contributed by atoms with van der Waals surface area (Å²) in [6, 6.07) is 6.16. The van der Waals surface area contributed by atoms with Gasteiger partial charge in [0.1, 0.15) is 72.5 Å². The van der Waals surface area contributed by atoms with E-state index in [0.717, 1.165) is 18.4 Å². The molecule has 5 rings (SSSR count). The normalized spacial score (nSPS) is 33.5. The SMILES string of the molecule is O=c1c(-c2ccc(OC3OC(CO)C(O)C(O)C3O)c(O)c2)coc2c(C3OC(CO)C(O)C(O)C3O)c(O)ccc12. The maximum absolute atomic E-state index is 13.5. The highest BCUT2D eigenvalue weighted by Gasteiger charge is 2.46. The highest BCUT2D eigenvalue weighted by molar-refractivity contribution is 5.86. The number of ether oxygens (including phenoxy) is 3. The molecule has 1 aromatic heterocycles. The van der Waals surface area contributed by atoms with Crippen LogP contribution in [0.4, 0.5) is 0 Å². The number of phenolic OH excluding ortho intramolecular Hbond substituents is 2. The molecule has 10 atom stereocenters. The van der Waals surface area contributed by atoms with E-state index in [9.17, 15) is 55.9 Å². The van der Waals surface area contributed by atoms with Gasteiger partial charge < -0.3 is 69.7 Å². The van der Waals surface area contributed by atoms with Crippen molar-refractivity contribution in [1.29, 1.82) is 0 Å². The van der Waals surface area contributed by atoms with E-state index in [-0.39, 0.29) is 33.4 Å². The Labute approximate surface area is 236 Å². The van der Waals surface area contributed by atoms with Crippen LogP contribution in [0.5, 0.6) is 17.2 Å². The fraction of sp³-hybridized carbons (Fsp3) is 0.444. The Morgan fingerprint density at radius 1 is 0.738 bits per heavy atom. The van der Waals surface area contributed by atoms with Crippen LogP contribution in [0, 0.1) is 0 Å². The Morgan fingerprint density at radius 2 is 1.38 bits per heavy atom. The van der Waals surface area contributed by atoms with E-state index in [0.29, 0.717) is 0 Å². The molecular formula is C27H30O15. The Bertz CT molecular complexity index is 1490. The summed E-state index contributed by atoms with van der Waals surface area (Å²) in [6.45, 7) is -1.38. The van der Waals surface area contributed by atoms with E-state index in [1.54, 1.807) is 0 Å². The van der Waals surface area contributed by atoms with Gasteiger partial charge in [0.25, 0.3) is 0 Å². The number of hydrogen-bond acceptors (Lipinski definition) is 15. The molecule has 0 bridgehead atoms. The van der Waals surface area contributed by atoms with E-state index >= 15 is 0 Å². The van der Waals surface area contributed by atoms with Gasteiger partial charge in [0.15, 0.2) is 11.5 Å². The Balaban J connectivity index is 1.47. The largest absolute Gasteiger partial charge is 0.507 e. The number of phenols is 2. The molecule has 10 unspecified atom stereocenters. The molecule has 2 aliphatic heterocycles. The highest BCUT2D eigenvalue weighted by atomic mass is 16.7. The molecule has 3 heterocycles. The lowest BCUT2D eigenvalue weighted by atomic mass is 9.89. The van der Waals surface area contributed by atoms with Crippen molar-refractivity contribution in [3.8, 4) is 28.4 Å². The van der Waals surface area contributed by atoms with Gasteiger partial charge in [-0.15, -0.1) is 0 Å². The summed E-state index contributed by atoms with van der Waals surface area (Å²) in [5.41, 5.74) is -0.891. The molecule has 0 spiro atoms. The van der Waals surface area contributed by atoms with Crippen molar-refractivity contribution in [3.63, 3.8) is 0 Å². The molecule has 10 N–H and O–H groups in total. The van der Waals surface area contributed by atoms with Gasteiger partial charge in [0.2, 0.25) is 11.7 Å². The van der Waals surface area contributed by atoms with E-state index < -0.39 is 91.4 Å². The summed E-state index contributed by atoms with van der Waals surface area (Å²) in [7, 11) is 0. The van der Waals surface area contributed by atoms with E-state index in [1.807, 2.05) is 0 Å². The highest BCUT2D eigenvalue weighted by Crippen LogP contribution is 2.41. The molecule has 15 nitrogen and oxygen atoms in total. The molecule has 2 aromatic carbocycles. The molecule has 3 aromatic rings. The Hall–Kier alpha value is -3.35. The minimum absolute atomic E-state index is 0.0392. The van der Waals surface area contributed by atoms with Crippen molar-refractivity contribution in [3.05, 3.63) is 52.4 Å². The Morgan fingerprint density at radius 3 is 2.02 bits per heavy atom. The molecule has 0 saturated carbocycles.